The molecule has 0 aliphatic rings. The lowest BCUT2D eigenvalue weighted by Crippen LogP contribution is -2.22. The van der Waals surface area contributed by atoms with E-state index in [9.17, 15) is 10.1 Å². The highest BCUT2D eigenvalue weighted by Gasteiger charge is 2.22. The van der Waals surface area contributed by atoms with E-state index in [0.717, 1.165) is 22.7 Å². The topological polar surface area (TPSA) is 70.2 Å². The minimum Gasteiger partial charge on any atom is -0.494 e. The fourth-order valence-corrected chi connectivity index (χ4v) is 2.38. The molecule has 0 N–H and O–H groups in total. The average molecular weight is 289 g/mol. The summed E-state index contributed by atoms with van der Waals surface area (Å²) in [6, 6.07) is 8.88. The van der Waals surface area contributed by atoms with Crippen LogP contribution >= 0.6 is 0 Å². The molecule has 0 bridgehead atoms. The smallest absolute Gasteiger partial charge is 0.230 e. The molecule has 0 saturated heterocycles. The number of ether oxygens (including phenoxy) is 1. The summed E-state index contributed by atoms with van der Waals surface area (Å²) < 4.78 is 7.12. The van der Waals surface area contributed by atoms with Crippen LogP contribution in [0, 0.1) is 24.0 Å². The van der Waals surface area contributed by atoms with Gasteiger partial charge in [-0.05, 0) is 44.5 Å². The number of rotatable bonds is 6. The molecule has 0 unspecified atom stereocenters. The Hall–Kier alpha value is -2.37. The van der Waals surface area contributed by atoms with E-state index in [1.165, 1.54) is 0 Å². The second-order valence-electron chi connectivity index (χ2n) is 4.90. The Labute approximate surface area is 123 Å². The number of nitro groups is 1. The largest absolute Gasteiger partial charge is 0.494 e. The van der Waals surface area contributed by atoms with Crippen LogP contribution in [0.25, 0.3) is 0 Å². The van der Waals surface area contributed by atoms with Crippen LogP contribution in [-0.4, -0.2) is 27.9 Å². The Morgan fingerprint density at radius 1 is 1.33 bits per heavy atom. The molecule has 6 heteroatoms. The van der Waals surface area contributed by atoms with Gasteiger partial charge in [0.2, 0.25) is 6.54 Å². The van der Waals surface area contributed by atoms with Crippen molar-refractivity contribution in [1.29, 1.82) is 0 Å². The lowest BCUT2D eigenvalue weighted by molar-refractivity contribution is -0.484. The van der Waals surface area contributed by atoms with Crippen LogP contribution < -0.4 is 4.74 Å². The van der Waals surface area contributed by atoms with Crippen LogP contribution in [0.4, 0.5) is 0 Å². The standard InChI is InChI=1S/C15H19N3O3/c1-4-21-14-7-5-13(6-8-14)15(10-17(19)20)18-12(3)9-11(2)16-18/h5-9,15H,4,10H2,1-3H3/t15-/m1/s1. The van der Waals surface area contributed by atoms with Gasteiger partial charge in [-0.25, -0.2) is 0 Å². The number of nitrogens with zero attached hydrogens (tertiary/aromatic N) is 3. The molecule has 0 saturated carbocycles. The number of hydrogen-bond donors (Lipinski definition) is 0. The maximum atomic E-state index is 11.0. The number of aromatic nitrogens is 2. The van der Waals surface area contributed by atoms with Crippen molar-refractivity contribution in [1.82, 2.24) is 9.78 Å². The van der Waals surface area contributed by atoms with Crippen molar-refractivity contribution >= 4 is 0 Å². The Morgan fingerprint density at radius 2 is 2.00 bits per heavy atom. The zero-order valence-electron chi connectivity index (χ0n) is 12.4. The normalized spacial score (nSPS) is 12.1. The van der Waals surface area contributed by atoms with Gasteiger partial charge in [0, 0.05) is 10.6 Å². The summed E-state index contributed by atoms with van der Waals surface area (Å²) >= 11 is 0. The highest BCUT2D eigenvalue weighted by molar-refractivity contribution is 5.30. The Morgan fingerprint density at radius 3 is 2.48 bits per heavy atom. The van der Waals surface area contributed by atoms with Gasteiger partial charge in [-0.15, -0.1) is 0 Å². The zero-order chi connectivity index (χ0) is 15.4. The summed E-state index contributed by atoms with van der Waals surface area (Å²) in [6.07, 6.45) is 0. The number of benzene rings is 1. The highest BCUT2D eigenvalue weighted by atomic mass is 16.6. The molecule has 21 heavy (non-hydrogen) atoms. The predicted octanol–water partition coefficient (Wildman–Crippen LogP) is 2.76. The summed E-state index contributed by atoms with van der Waals surface area (Å²) in [5.74, 6) is 0.759. The first-order valence-electron chi connectivity index (χ1n) is 6.88. The Bertz CT molecular complexity index is 620. The number of aryl methyl sites for hydroxylation is 2. The van der Waals surface area contributed by atoms with E-state index in [0.29, 0.717) is 6.61 Å². The van der Waals surface area contributed by atoms with Crippen molar-refractivity contribution in [3.8, 4) is 5.75 Å². The minimum atomic E-state index is -0.413. The molecule has 1 aromatic carbocycles. The highest BCUT2D eigenvalue weighted by Crippen LogP contribution is 2.23. The molecule has 0 aliphatic heterocycles. The van der Waals surface area contributed by atoms with Gasteiger partial charge in [0.15, 0.2) is 0 Å². The van der Waals surface area contributed by atoms with Crippen molar-refractivity contribution < 1.29 is 9.66 Å². The number of hydrogen-bond acceptors (Lipinski definition) is 4. The third-order valence-electron chi connectivity index (χ3n) is 3.24. The van der Waals surface area contributed by atoms with E-state index in [-0.39, 0.29) is 11.5 Å². The summed E-state index contributed by atoms with van der Waals surface area (Å²) in [5.41, 5.74) is 2.61. The van der Waals surface area contributed by atoms with Gasteiger partial charge in [-0.3, -0.25) is 14.8 Å². The van der Waals surface area contributed by atoms with Gasteiger partial charge in [-0.2, -0.15) is 5.10 Å². The van der Waals surface area contributed by atoms with E-state index in [2.05, 4.69) is 5.10 Å². The molecule has 0 aliphatic carbocycles. The lowest BCUT2D eigenvalue weighted by atomic mass is 10.1. The Balaban J connectivity index is 2.35. The lowest BCUT2D eigenvalue weighted by Gasteiger charge is -2.16. The van der Waals surface area contributed by atoms with Gasteiger partial charge >= 0.3 is 0 Å². The minimum absolute atomic E-state index is 0.198. The molecule has 1 atom stereocenters. The monoisotopic (exact) mass is 289 g/mol. The molecule has 112 valence electrons. The molecule has 6 nitrogen and oxygen atoms in total. The first-order chi connectivity index (χ1) is 10.0. The van der Waals surface area contributed by atoms with Crippen LogP contribution in [0.1, 0.15) is 29.9 Å². The molecule has 2 rings (SSSR count). The maximum Gasteiger partial charge on any atom is 0.230 e. The van der Waals surface area contributed by atoms with E-state index in [1.54, 1.807) is 4.68 Å². The van der Waals surface area contributed by atoms with Crippen molar-refractivity contribution in [2.24, 2.45) is 0 Å². The molecule has 0 fully saturated rings. The molecule has 0 amide bonds. The molecule has 0 spiro atoms. The SMILES string of the molecule is CCOc1ccc([C@@H](C[N+](=O)[O-])n2nc(C)cc2C)cc1. The van der Waals surface area contributed by atoms with Crippen LogP contribution in [-0.2, 0) is 0 Å². The summed E-state index contributed by atoms with van der Waals surface area (Å²) in [6.45, 7) is 6.09. The quantitative estimate of drug-likeness (QED) is 0.605. The summed E-state index contributed by atoms with van der Waals surface area (Å²) in [7, 11) is 0. The molecular formula is C15H19N3O3. The first-order valence-corrected chi connectivity index (χ1v) is 6.88. The van der Waals surface area contributed by atoms with Crippen LogP contribution in [0.3, 0.4) is 0 Å². The third-order valence-corrected chi connectivity index (χ3v) is 3.24. The van der Waals surface area contributed by atoms with E-state index in [4.69, 9.17) is 4.74 Å². The van der Waals surface area contributed by atoms with Crippen molar-refractivity contribution in [2.75, 3.05) is 13.2 Å². The Kier molecular flexibility index (Phi) is 4.57. The fraction of sp³-hybridized carbons (Fsp3) is 0.400. The van der Waals surface area contributed by atoms with Gasteiger partial charge in [0.1, 0.15) is 11.8 Å². The van der Waals surface area contributed by atoms with Gasteiger partial charge in [0.05, 0.1) is 12.3 Å². The van der Waals surface area contributed by atoms with Crippen molar-refractivity contribution in [3.63, 3.8) is 0 Å². The fourth-order valence-electron chi connectivity index (χ4n) is 2.38. The van der Waals surface area contributed by atoms with Crippen LogP contribution in [0.15, 0.2) is 30.3 Å². The van der Waals surface area contributed by atoms with Crippen LogP contribution in [0.2, 0.25) is 0 Å². The molecule has 1 heterocycles. The van der Waals surface area contributed by atoms with Gasteiger partial charge in [0.25, 0.3) is 0 Å². The zero-order valence-corrected chi connectivity index (χ0v) is 12.4. The molecule has 0 radical (unpaired) electrons. The van der Waals surface area contributed by atoms with Crippen molar-refractivity contribution in [3.05, 3.63) is 57.4 Å². The van der Waals surface area contributed by atoms with Crippen molar-refractivity contribution in [2.45, 2.75) is 26.8 Å². The van der Waals surface area contributed by atoms with E-state index < -0.39 is 6.04 Å². The van der Waals surface area contributed by atoms with Crippen LogP contribution in [0.5, 0.6) is 5.75 Å². The first kappa shape index (κ1) is 15.0. The summed E-state index contributed by atoms with van der Waals surface area (Å²) in [4.78, 5) is 10.7. The summed E-state index contributed by atoms with van der Waals surface area (Å²) in [5, 5.41) is 15.4. The van der Waals surface area contributed by atoms with Gasteiger partial charge in [-0.1, -0.05) is 12.1 Å². The molecule has 2 aromatic rings. The second-order valence-corrected chi connectivity index (χ2v) is 4.90. The van der Waals surface area contributed by atoms with E-state index >= 15 is 0 Å². The third kappa shape index (κ3) is 3.59. The van der Waals surface area contributed by atoms with E-state index in [1.807, 2.05) is 51.1 Å². The molecule has 1 aromatic heterocycles. The van der Waals surface area contributed by atoms with Gasteiger partial charge < -0.3 is 4.74 Å². The molecular weight excluding hydrogens is 270 g/mol. The second kappa shape index (κ2) is 6.39. The average Bonchev–Trinajstić information content (AvgIpc) is 2.76. The predicted molar refractivity (Wildman–Crippen MR) is 79.3 cm³/mol. The maximum absolute atomic E-state index is 11.0.